The van der Waals surface area contributed by atoms with Gasteiger partial charge in [0.25, 0.3) is 0 Å². The summed E-state index contributed by atoms with van der Waals surface area (Å²) in [5.74, 6) is -2.93. The van der Waals surface area contributed by atoms with Crippen molar-refractivity contribution in [1.29, 1.82) is 0 Å². The minimum atomic E-state index is -4.58. The Morgan fingerprint density at radius 3 is 2.64 bits per heavy atom. The number of aromatic nitrogens is 3. The first kappa shape index (κ1) is 20.7. The lowest BCUT2D eigenvalue weighted by Crippen LogP contribution is -2.51. The van der Waals surface area contributed by atoms with Crippen molar-refractivity contribution in [2.45, 2.75) is 37.6 Å². The molecule has 0 saturated carbocycles. The molecule has 0 spiro atoms. The van der Waals surface area contributed by atoms with Gasteiger partial charge in [-0.3, -0.25) is 0 Å². The predicted molar refractivity (Wildman–Crippen MR) is 91.9 cm³/mol. The van der Waals surface area contributed by atoms with E-state index in [1.807, 2.05) is 0 Å². The van der Waals surface area contributed by atoms with Gasteiger partial charge in [0.2, 0.25) is 16.0 Å². The molecular formula is C15H19F4N5O3S. The van der Waals surface area contributed by atoms with E-state index in [4.69, 9.17) is 0 Å². The zero-order chi connectivity index (χ0) is 20.9. The number of sulfonamides is 1. The van der Waals surface area contributed by atoms with E-state index in [9.17, 15) is 31.1 Å². The molecule has 3 heterocycles. The second-order valence-corrected chi connectivity index (χ2v) is 8.77. The molecular weight excluding hydrogens is 406 g/mol. The summed E-state index contributed by atoms with van der Waals surface area (Å²) in [6, 6.07) is 0.158. The summed E-state index contributed by atoms with van der Waals surface area (Å²) in [6.07, 6.45) is -3.32. The number of rotatable bonds is 4. The van der Waals surface area contributed by atoms with Crippen LogP contribution in [0.4, 0.5) is 23.5 Å². The standard InChI is InChI=1S/C15H19F4N5O3S/c1-8(15(17,18)19)11-5-9(16)12-6-20-14(22-24(11)12)21-10-3-4-23(7-13(10)25)28(2,26)27/h5-6,8,10,13,25H,3-4,7H2,1-2H3,(H,21,22)/t8?,10-,13-/m1/s1. The Bertz CT molecular complexity index is 978. The van der Waals surface area contributed by atoms with Gasteiger partial charge in [0, 0.05) is 13.1 Å². The molecule has 1 aliphatic heterocycles. The zero-order valence-corrected chi connectivity index (χ0v) is 15.8. The van der Waals surface area contributed by atoms with Gasteiger partial charge in [-0.2, -0.15) is 17.5 Å². The summed E-state index contributed by atoms with van der Waals surface area (Å²) in [5, 5.41) is 16.9. The van der Waals surface area contributed by atoms with Crippen LogP contribution >= 0.6 is 0 Å². The molecule has 0 amide bonds. The number of alkyl halides is 3. The van der Waals surface area contributed by atoms with E-state index >= 15 is 0 Å². The molecule has 0 radical (unpaired) electrons. The fraction of sp³-hybridized carbons (Fsp3) is 0.600. The van der Waals surface area contributed by atoms with Crippen molar-refractivity contribution >= 4 is 21.5 Å². The predicted octanol–water partition coefficient (Wildman–Crippen LogP) is 1.34. The van der Waals surface area contributed by atoms with Crippen LogP contribution in [0.1, 0.15) is 25.0 Å². The number of hydrogen-bond acceptors (Lipinski definition) is 6. The van der Waals surface area contributed by atoms with Crippen LogP contribution in [0.3, 0.4) is 0 Å². The number of nitrogens with one attached hydrogen (secondary N) is 1. The molecule has 2 aromatic heterocycles. The van der Waals surface area contributed by atoms with Crippen LogP contribution in [0.15, 0.2) is 12.3 Å². The Balaban J connectivity index is 1.85. The van der Waals surface area contributed by atoms with Crippen molar-refractivity contribution in [3.05, 3.63) is 23.8 Å². The SMILES string of the molecule is CC(c1cc(F)c2cnc(N[C@@H]3CCN(S(C)(=O)=O)C[C@H]3O)nn12)C(F)(F)F. The van der Waals surface area contributed by atoms with E-state index in [-0.39, 0.29) is 36.7 Å². The second-order valence-electron chi connectivity index (χ2n) is 6.79. The maximum Gasteiger partial charge on any atom is 0.396 e. The lowest BCUT2D eigenvalue weighted by atomic mass is 10.0. The highest BCUT2D eigenvalue weighted by molar-refractivity contribution is 7.88. The van der Waals surface area contributed by atoms with Crippen molar-refractivity contribution in [1.82, 2.24) is 18.9 Å². The number of anilines is 1. The summed E-state index contributed by atoms with van der Waals surface area (Å²) in [4.78, 5) is 3.89. The number of nitrogens with zero attached hydrogens (tertiary/aromatic N) is 4. The van der Waals surface area contributed by atoms with Crippen LogP contribution in [-0.2, 0) is 10.0 Å². The van der Waals surface area contributed by atoms with Crippen molar-refractivity contribution in [3.8, 4) is 0 Å². The Morgan fingerprint density at radius 2 is 2.07 bits per heavy atom. The van der Waals surface area contributed by atoms with Crippen LogP contribution in [0.5, 0.6) is 0 Å². The molecule has 156 valence electrons. The first-order valence-electron chi connectivity index (χ1n) is 8.38. The summed E-state index contributed by atoms with van der Waals surface area (Å²) in [6.45, 7) is 0.929. The monoisotopic (exact) mass is 425 g/mol. The number of piperidine rings is 1. The van der Waals surface area contributed by atoms with Gasteiger partial charge in [0.15, 0.2) is 5.82 Å². The maximum absolute atomic E-state index is 14.0. The second kappa shape index (κ2) is 7.12. The van der Waals surface area contributed by atoms with E-state index in [0.29, 0.717) is 0 Å². The smallest absolute Gasteiger partial charge is 0.390 e. The Morgan fingerprint density at radius 1 is 1.39 bits per heavy atom. The van der Waals surface area contributed by atoms with Crippen LogP contribution in [0, 0.1) is 5.82 Å². The molecule has 8 nitrogen and oxygen atoms in total. The zero-order valence-electron chi connectivity index (χ0n) is 15.0. The number of hydrogen-bond donors (Lipinski definition) is 2. The van der Waals surface area contributed by atoms with Gasteiger partial charge in [-0.25, -0.2) is 22.3 Å². The number of aliphatic hydroxyl groups is 1. The fourth-order valence-electron chi connectivity index (χ4n) is 3.06. The molecule has 1 unspecified atom stereocenters. The lowest BCUT2D eigenvalue weighted by molar-refractivity contribution is -0.147. The third-order valence-corrected chi connectivity index (χ3v) is 6.03. The number of halogens is 4. The highest BCUT2D eigenvalue weighted by Crippen LogP contribution is 2.35. The van der Waals surface area contributed by atoms with Gasteiger partial charge in [-0.1, -0.05) is 0 Å². The third-order valence-electron chi connectivity index (χ3n) is 4.76. The third kappa shape index (κ3) is 4.05. The molecule has 1 aliphatic rings. The summed E-state index contributed by atoms with van der Waals surface area (Å²) >= 11 is 0. The van der Waals surface area contributed by atoms with Crippen molar-refractivity contribution in [3.63, 3.8) is 0 Å². The average molecular weight is 425 g/mol. The molecule has 1 saturated heterocycles. The molecule has 2 aromatic rings. The maximum atomic E-state index is 14.0. The lowest BCUT2D eigenvalue weighted by Gasteiger charge is -2.34. The molecule has 0 bridgehead atoms. The van der Waals surface area contributed by atoms with Crippen LogP contribution in [0.2, 0.25) is 0 Å². The van der Waals surface area contributed by atoms with E-state index in [1.165, 1.54) is 0 Å². The summed E-state index contributed by atoms with van der Waals surface area (Å²) < 4.78 is 78.2. The Kier molecular flexibility index (Phi) is 5.27. The molecule has 3 rings (SSSR count). The van der Waals surface area contributed by atoms with Crippen molar-refractivity contribution < 1.29 is 31.1 Å². The first-order chi connectivity index (χ1) is 12.9. The molecule has 13 heteroatoms. The number of aliphatic hydroxyl groups excluding tert-OH is 1. The molecule has 3 atom stereocenters. The Labute approximate surface area is 158 Å². The van der Waals surface area contributed by atoms with E-state index in [2.05, 4.69) is 15.4 Å². The average Bonchev–Trinajstić information content (AvgIpc) is 2.90. The van der Waals surface area contributed by atoms with Gasteiger partial charge < -0.3 is 10.4 Å². The van der Waals surface area contributed by atoms with Gasteiger partial charge >= 0.3 is 6.18 Å². The van der Waals surface area contributed by atoms with Crippen molar-refractivity contribution in [2.24, 2.45) is 0 Å². The first-order valence-corrected chi connectivity index (χ1v) is 10.2. The minimum Gasteiger partial charge on any atom is -0.390 e. The molecule has 28 heavy (non-hydrogen) atoms. The van der Waals surface area contributed by atoms with Gasteiger partial charge in [-0.15, -0.1) is 5.10 Å². The van der Waals surface area contributed by atoms with E-state index < -0.39 is 40.1 Å². The van der Waals surface area contributed by atoms with Crippen molar-refractivity contribution in [2.75, 3.05) is 24.7 Å². The van der Waals surface area contributed by atoms with E-state index in [1.54, 1.807) is 0 Å². The molecule has 1 fully saturated rings. The minimum absolute atomic E-state index is 0.101. The van der Waals surface area contributed by atoms with Crippen LogP contribution < -0.4 is 5.32 Å². The summed E-state index contributed by atoms with van der Waals surface area (Å²) in [5.41, 5.74) is -0.581. The quantitative estimate of drug-likeness (QED) is 0.718. The van der Waals surface area contributed by atoms with Crippen LogP contribution in [0.25, 0.3) is 5.52 Å². The topological polar surface area (TPSA) is 99.8 Å². The molecule has 0 aromatic carbocycles. The Hall–Kier alpha value is -1.99. The highest BCUT2D eigenvalue weighted by Gasteiger charge is 2.39. The van der Waals surface area contributed by atoms with Gasteiger partial charge in [-0.05, 0) is 19.4 Å². The molecule has 0 aliphatic carbocycles. The normalized spacial score (nSPS) is 23.1. The van der Waals surface area contributed by atoms with Gasteiger partial charge in [0.1, 0.15) is 5.52 Å². The van der Waals surface area contributed by atoms with E-state index in [0.717, 1.165) is 34.3 Å². The summed E-state index contributed by atoms with van der Waals surface area (Å²) in [7, 11) is -3.45. The highest BCUT2D eigenvalue weighted by atomic mass is 32.2. The molecule has 2 N–H and O–H groups in total. The number of β-amino-alcohol motifs (C(OH)–C–C–N with tert-alkyl or cyclic N) is 1. The fourth-order valence-corrected chi connectivity index (χ4v) is 3.92. The number of fused-ring (bicyclic) bond motifs is 1. The largest absolute Gasteiger partial charge is 0.396 e. The van der Waals surface area contributed by atoms with Gasteiger partial charge in [0.05, 0.1) is 36.2 Å². The van der Waals surface area contributed by atoms with Crippen LogP contribution in [-0.4, -0.2) is 70.1 Å².